The molecule has 4 rings (SSSR count). The molecular formula is C20H26N4O3S. The van der Waals surface area contributed by atoms with Crippen LogP contribution in [0.1, 0.15) is 36.2 Å². The van der Waals surface area contributed by atoms with Crippen LogP contribution in [-0.2, 0) is 0 Å². The van der Waals surface area contributed by atoms with E-state index < -0.39 is 0 Å². The molecule has 0 bridgehead atoms. The normalized spacial score (nSPS) is 18.2. The van der Waals surface area contributed by atoms with Crippen LogP contribution < -0.4 is 14.8 Å². The highest BCUT2D eigenvalue weighted by Gasteiger charge is 2.26. The van der Waals surface area contributed by atoms with Crippen LogP contribution in [0.25, 0.3) is 0 Å². The molecule has 0 spiro atoms. The highest BCUT2D eigenvalue weighted by atomic mass is 32.2. The van der Waals surface area contributed by atoms with Crippen molar-refractivity contribution >= 4 is 23.5 Å². The molecule has 2 aromatic rings. The second-order valence-corrected chi connectivity index (χ2v) is 8.17. The maximum Gasteiger partial charge on any atom is 0.256 e. The van der Waals surface area contributed by atoms with Gasteiger partial charge in [0.05, 0.1) is 12.2 Å². The highest BCUT2D eigenvalue weighted by Crippen LogP contribution is 2.33. The molecule has 1 aromatic heterocycles. The summed E-state index contributed by atoms with van der Waals surface area (Å²) in [5.41, 5.74) is 0.540. The van der Waals surface area contributed by atoms with Crippen LogP contribution in [0.3, 0.4) is 0 Å². The van der Waals surface area contributed by atoms with E-state index in [0.29, 0.717) is 29.1 Å². The van der Waals surface area contributed by atoms with Crippen molar-refractivity contribution in [2.75, 3.05) is 37.2 Å². The van der Waals surface area contributed by atoms with Gasteiger partial charge in [-0.2, -0.15) is 16.9 Å². The van der Waals surface area contributed by atoms with Gasteiger partial charge < -0.3 is 14.8 Å². The van der Waals surface area contributed by atoms with E-state index in [9.17, 15) is 4.79 Å². The monoisotopic (exact) mass is 402 g/mol. The minimum Gasteiger partial charge on any atom is -0.454 e. The summed E-state index contributed by atoms with van der Waals surface area (Å²) < 4.78 is 12.6. The number of nitrogens with zero attached hydrogens (tertiary/aromatic N) is 3. The van der Waals surface area contributed by atoms with Gasteiger partial charge in [-0.25, -0.2) is 4.68 Å². The molecule has 1 saturated heterocycles. The van der Waals surface area contributed by atoms with Crippen molar-refractivity contribution in [1.82, 2.24) is 14.7 Å². The fraction of sp³-hybridized carbons (Fsp3) is 0.500. The largest absolute Gasteiger partial charge is 0.454 e. The molecular weight excluding hydrogens is 376 g/mol. The molecule has 1 aromatic carbocycles. The van der Waals surface area contributed by atoms with Gasteiger partial charge in [0.2, 0.25) is 6.79 Å². The van der Waals surface area contributed by atoms with Gasteiger partial charge in [0.1, 0.15) is 5.82 Å². The Kier molecular flexibility index (Phi) is 5.77. The second kappa shape index (κ2) is 8.45. The standard InChI is InChI=1S/C20H26N4O3S/c1-14(12-28-2)23-9-6-16(7-10-23)24-19(5-8-21-24)22-20(25)15-3-4-17-18(11-15)27-13-26-17/h3-5,8,11,14,16H,6-7,9-10,12-13H2,1-2H3,(H,22,25)/t14-/m0/s1. The molecule has 1 atom stereocenters. The van der Waals surface area contributed by atoms with Crippen molar-refractivity contribution in [2.45, 2.75) is 31.8 Å². The van der Waals surface area contributed by atoms with E-state index in [0.717, 1.165) is 37.5 Å². The third-order valence-corrected chi connectivity index (χ3v) is 6.24. The summed E-state index contributed by atoms with van der Waals surface area (Å²) in [6.45, 7) is 4.60. The fourth-order valence-corrected chi connectivity index (χ4v) is 4.54. The number of carbonyl (C=O) groups excluding carboxylic acids is 1. The number of hydrogen-bond donors (Lipinski definition) is 1. The Hall–Kier alpha value is -2.19. The Morgan fingerprint density at radius 2 is 2.07 bits per heavy atom. The van der Waals surface area contributed by atoms with Gasteiger partial charge >= 0.3 is 0 Å². The summed E-state index contributed by atoms with van der Waals surface area (Å²) >= 11 is 1.89. The minimum atomic E-state index is -0.175. The predicted molar refractivity (Wildman–Crippen MR) is 110 cm³/mol. The van der Waals surface area contributed by atoms with E-state index in [4.69, 9.17) is 9.47 Å². The minimum absolute atomic E-state index is 0.175. The summed E-state index contributed by atoms with van der Waals surface area (Å²) in [6.07, 6.45) is 5.97. The summed E-state index contributed by atoms with van der Waals surface area (Å²) in [5.74, 6) is 2.99. The first-order valence-electron chi connectivity index (χ1n) is 9.63. The molecule has 28 heavy (non-hydrogen) atoms. The Morgan fingerprint density at radius 1 is 1.29 bits per heavy atom. The fourth-order valence-electron chi connectivity index (χ4n) is 3.85. The number of rotatable bonds is 6. The van der Waals surface area contributed by atoms with Gasteiger partial charge in [0.25, 0.3) is 5.91 Å². The number of benzene rings is 1. The second-order valence-electron chi connectivity index (χ2n) is 7.25. The number of anilines is 1. The zero-order valence-corrected chi connectivity index (χ0v) is 17.1. The first kappa shape index (κ1) is 19.1. The topological polar surface area (TPSA) is 68.6 Å². The van der Waals surface area contributed by atoms with Crippen LogP contribution in [0.5, 0.6) is 11.5 Å². The number of aromatic nitrogens is 2. The maximum absolute atomic E-state index is 12.7. The molecule has 3 heterocycles. The van der Waals surface area contributed by atoms with Crippen LogP contribution in [-0.4, -0.2) is 58.5 Å². The van der Waals surface area contributed by atoms with E-state index in [2.05, 4.69) is 28.5 Å². The number of carbonyl (C=O) groups is 1. The van der Waals surface area contributed by atoms with E-state index in [-0.39, 0.29) is 12.7 Å². The van der Waals surface area contributed by atoms with Gasteiger partial charge in [0.15, 0.2) is 11.5 Å². The Balaban J connectivity index is 1.40. The summed E-state index contributed by atoms with van der Waals surface area (Å²) in [5, 5.41) is 7.48. The number of ether oxygens (including phenoxy) is 2. The Bertz CT molecular complexity index is 833. The van der Waals surface area contributed by atoms with Crippen LogP contribution in [0.4, 0.5) is 5.82 Å². The van der Waals surface area contributed by atoms with E-state index in [1.165, 1.54) is 0 Å². The number of likely N-dealkylation sites (tertiary alicyclic amines) is 1. The molecule has 1 N–H and O–H groups in total. The summed E-state index contributed by atoms with van der Waals surface area (Å²) in [6, 6.07) is 7.98. The number of amides is 1. The molecule has 7 nitrogen and oxygen atoms in total. The molecule has 150 valence electrons. The molecule has 0 aliphatic carbocycles. The number of thioether (sulfide) groups is 1. The lowest BCUT2D eigenvalue weighted by Gasteiger charge is -2.36. The van der Waals surface area contributed by atoms with Crippen molar-refractivity contribution in [3.8, 4) is 11.5 Å². The van der Waals surface area contributed by atoms with Crippen molar-refractivity contribution in [1.29, 1.82) is 0 Å². The van der Waals surface area contributed by atoms with Crippen molar-refractivity contribution in [3.05, 3.63) is 36.0 Å². The van der Waals surface area contributed by atoms with Crippen molar-refractivity contribution < 1.29 is 14.3 Å². The Labute approximate surface area is 169 Å². The molecule has 8 heteroatoms. The van der Waals surface area contributed by atoms with Gasteiger partial charge in [-0.3, -0.25) is 9.69 Å². The molecule has 2 aliphatic heterocycles. The zero-order valence-electron chi connectivity index (χ0n) is 16.3. The third kappa shape index (κ3) is 3.98. The van der Waals surface area contributed by atoms with Crippen molar-refractivity contribution in [2.24, 2.45) is 0 Å². The number of piperidine rings is 1. The molecule has 0 unspecified atom stereocenters. The van der Waals surface area contributed by atoms with Gasteiger partial charge in [0, 0.05) is 36.5 Å². The van der Waals surface area contributed by atoms with Crippen LogP contribution >= 0.6 is 11.8 Å². The summed E-state index contributed by atoms with van der Waals surface area (Å²) in [7, 11) is 0. The number of hydrogen-bond acceptors (Lipinski definition) is 6. The third-order valence-electron chi connectivity index (χ3n) is 5.42. The van der Waals surface area contributed by atoms with Crippen LogP contribution in [0.15, 0.2) is 30.5 Å². The molecule has 1 fully saturated rings. The molecule has 2 aliphatic rings. The van der Waals surface area contributed by atoms with Crippen LogP contribution in [0, 0.1) is 0 Å². The lowest BCUT2D eigenvalue weighted by atomic mass is 10.0. The zero-order chi connectivity index (χ0) is 19.5. The lowest BCUT2D eigenvalue weighted by molar-refractivity contribution is 0.102. The first-order valence-corrected chi connectivity index (χ1v) is 11.0. The molecule has 0 saturated carbocycles. The molecule has 0 radical (unpaired) electrons. The molecule has 1 amide bonds. The predicted octanol–water partition coefficient (Wildman–Crippen LogP) is 3.25. The Morgan fingerprint density at radius 3 is 2.86 bits per heavy atom. The number of nitrogens with one attached hydrogen (secondary N) is 1. The van der Waals surface area contributed by atoms with Crippen molar-refractivity contribution in [3.63, 3.8) is 0 Å². The van der Waals surface area contributed by atoms with Gasteiger partial charge in [-0.15, -0.1) is 0 Å². The van der Waals surface area contributed by atoms with E-state index in [1.54, 1.807) is 24.4 Å². The van der Waals surface area contributed by atoms with E-state index >= 15 is 0 Å². The SMILES string of the molecule is CSC[C@H](C)N1CCC(n2nccc2NC(=O)c2ccc3c(c2)OCO3)CC1. The van der Waals surface area contributed by atoms with Gasteiger partial charge in [-0.1, -0.05) is 0 Å². The summed E-state index contributed by atoms with van der Waals surface area (Å²) in [4.78, 5) is 15.2. The lowest BCUT2D eigenvalue weighted by Crippen LogP contribution is -2.41. The van der Waals surface area contributed by atoms with E-state index in [1.807, 2.05) is 22.5 Å². The average molecular weight is 403 g/mol. The van der Waals surface area contributed by atoms with Gasteiger partial charge in [-0.05, 0) is 44.2 Å². The number of fused-ring (bicyclic) bond motifs is 1. The maximum atomic E-state index is 12.7. The smallest absolute Gasteiger partial charge is 0.256 e. The quantitative estimate of drug-likeness (QED) is 0.800. The average Bonchev–Trinajstić information content (AvgIpc) is 3.37. The van der Waals surface area contributed by atoms with Crippen LogP contribution in [0.2, 0.25) is 0 Å². The first-order chi connectivity index (χ1) is 13.7. The highest BCUT2D eigenvalue weighted by molar-refractivity contribution is 7.98.